The monoisotopic (exact) mass is 438 g/mol. The number of hydrogen-bond donors (Lipinski definition) is 1. The van der Waals surface area contributed by atoms with Crippen molar-refractivity contribution in [2.45, 2.75) is 39.8 Å². The van der Waals surface area contributed by atoms with Gasteiger partial charge in [-0.05, 0) is 36.6 Å². The van der Waals surface area contributed by atoms with E-state index in [4.69, 9.17) is 23.2 Å². The predicted octanol–water partition coefficient (Wildman–Crippen LogP) is 4.86. The Bertz CT molecular complexity index is 874. The second kappa shape index (κ2) is 10.6. The van der Waals surface area contributed by atoms with Crippen LogP contribution in [0.25, 0.3) is 0 Å². The zero-order chi connectivity index (χ0) is 21.6. The van der Waals surface area contributed by atoms with E-state index in [0.29, 0.717) is 27.7 Å². The first-order valence-electron chi connectivity index (χ1n) is 9.43. The number of hydrogen-bond acceptors (Lipinski definition) is 2. The number of benzene rings is 2. The third-order valence-corrected chi connectivity index (χ3v) is 5.23. The topological polar surface area (TPSA) is 49.4 Å². The molecule has 0 aliphatic carbocycles. The van der Waals surface area contributed by atoms with Crippen molar-refractivity contribution >= 4 is 35.0 Å². The van der Waals surface area contributed by atoms with Crippen molar-refractivity contribution in [3.8, 4) is 0 Å². The van der Waals surface area contributed by atoms with Crippen LogP contribution in [0.2, 0.25) is 10.0 Å². The van der Waals surface area contributed by atoms with Crippen LogP contribution in [0.5, 0.6) is 0 Å². The van der Waals surface area contributed by atoms with Gasteiger partial charge in [-0.1, -0.05) is 61.3 Å². The normalized spacial score (nSPS) is 12.0. The van der Waals surface area contributed by atoms with E-state index in [9.17, 15) is 14.0 Å². The van der Waals surface area contributed by atoms with Gasteiger partial charge in [0.1, 0.15) is 11.9 Å². The maximum absolute atomic E-state index is 14.2. The summed E-state index contributed by atoms with van der Waals surface area (Å²) in [5, 5.41) is 3.58. The lowest BCUT2D eigenvalue weighted by Gasteiger charge is -2.29. The highest BCUT2D eigenvalue weighted by Crippen LogP contribution is 2.23. The molecule has 156 valence electrons. The summed E-state index contributed by atoms with van der Waals surface area (Å²) in [6.45, 7) is 6.10. The van der Waals surface area contributed by atoms with Crippen molar-refractivity contribution in [1.82, 2.24) is 10.2 Å². The summed E-state index contributed by atoms with van der Waals surface area (Å²) < 4.78 is 14.2. The van der Waals surface area contributed by atoms with E-state index < -0.39 is 11.9 Å². The minimum absolute atomic E-state index is 0.0108. The molecule has 0 bridgehead atoms. The Hall–Kier alpha value is -2.11. The molecule has 0 aliphatic heterocycles. The average Bonchev–Trinajstić information content (AvgIpc) is 2.67. The van der Waals surface area contributed by atoms with Crippen molar-refractivity contribution in [2.24, 2.45) is 5.92 Å². The fourth-order valence-electron chi connectivity index (χ4n) is 2.77. The van der Waals surface area contributed by atoms with Gasteiger partial charge >= 0.3 is 0 Å². The summed E-state index contributed by atoms with van der Waals surface area (Å²) in [7, 11) is 0. The number of carbonyl (C=O) groups is 2. The lowest BCUT2D eigenvalue weighted by atomic mass is 10.1. The van der Waals surface area contributed by atoms with Crippen LogP contribution in [0.15, 0.2) is 42.5 Å². The first-order valence-corrected chi connectivity index (χ1v) is 10.2. The van der Waals surface area contributed by atoms with E-state index in [0.717, 1.165) is 0 Å². The Kier molecular flexibility index (Phi) is 8.47. The van der Waals surface area contributed by atoms with Crippen molar-refractivity contribution in [3.63, 3.8) is 0 Å². The lowest BCUT2D eigenvalue weighted by Crippen LogP contribution is -2.48. The second-order valence-corrected chi connectivity index (χ2v) is 8.17. The molecule has 0 saturated carbocycles. The molecule has 2 amide bonds. The van der Waals surface area contributed by atoms with Crippen LogP contribution in [-0.2, 0) is 22.6 Å². The number of nitrogens with one attached hydrogen (secondary N) is 1. The lowest BCUT2D eigenvalue weighted by molar-refractivity contribution is -0.140. The highest BCUT2D eigenvalue weighted by atomic mass is 35.5. The summed E-state index contributed by atoms with van der Waals surface area (Å²) in [5.41, 5.74) is 1.01. The summed E-state index contributed by atoms with van der Waals surface area (Å²) in [6, 6.07) is 10.4. The molecule has 7 heteroatoms. The molecule has 29 heavy (non-hydrogen) atoms. The number of halogens is 3. The first-order chi connectivity index (χ1) is 13.7. The summed E-state index contributed by atoms with van der Waals surface area (Å²) in [6.07, 6.45) is 0.0210. The van der Waals surface area contributed by atoms with Crippen molar-refractivity contribution in [1.29, 1.82) is 0 Å². The molecular formula is C22H25Cl2FN2O2. The maximum Gasteiger partial charge on any atom is 0.242 e. The van der Waals surface area contributed by atoms with Crippen LogP contribution < -0.4 is 5.32 Å². The molecule has 2 aromatic rings. The zero-order valence-electron chi connectivity index (χ0n) is 16.7. The number of rotatable bonds is 8. The number of amides is 2. The molecule has 1 N–H and O–H groups in total. The number of carbonyl (C=O) groups excluding carboxylic acids is 2. The van der Waals surface area contributed by atoms with E-state index in [2.05, 4.69) is 5.32 Å². The molecule has 1 atom stereocenters. The van der Waals surface area contributed by atoms with Crippen LogP contribution in [0.3, 0.4) is 0 Å². The van der Waals surface area contributed by atoms with Crippen LogP contribution in [0, 0.1) is 11.7 Å². The maximum atomic E-state index is 14.2. The zero-order valence-corrected chi connectivity index (χ0v) is 18.2. The van der Waals surface area contributed by atoms with Gasteiger partial charge < -0.3 is 10.2 Å². The third kappa shape index (κ3) is 6.72. The molecule has 0 aromatic heterocycles. The first kappa shape index (κ1) is 23.2. The van der Waals surface area contributed by atoms with Gasteiger partial charge in [0.2, 0.25) is 11.8 Å². The van der Waals surface area contributed by atoms with Crippen LogP contribution >= 0.6 is 23.2 Å². The molecule has 2 aromatic carbocycles. The minimum Gasteiger partial charge on any atom is -0.354 e. The largest absolute Gasteiger partial charge is 0.354 e. The van der Waals surface area contributed by atoms with Crippen molar-refractivity contribution in [2.75, 3.05) is 6.54 Å². The molecule has 4 nitrogen and oxygen atoms in total. The predicted molar refractivity (Wildman–Crippen MR) is 114 cm³/mol. The Labute approximate surface area is 181 Å². The van der Waals surface area contributed by atoms with Crippen LogP contribution in [0.4, 0.5) is 4.39 Å². The molecule has 0 unspecified atom stereocenters. The van der Waals surface area contributed by atoms with Gasteiger partial charge in [0.15, 0.2) is 0 Å². The molecule has 0 heterocycles. The fraction of sp³-hybridized carbons (Fsp3) is 0.364. The molecule has 0 radical (unpaired) electrons. The van der Waals surface area contributed by atoms with E-state index in [-0.39, 0.29) is 30.7 Å². The summed E-state index contributed by atoms with van der Waals surface area (Å²) >= 11 is 12.0. The Morgan fingerprint density at radius 3 is 2.38 bits per heavy atom. The van der Waals surface area contributed by atoms with Crippen molar-refractivity contribution in [3.05, 3.63) is 69.5 Å². The molecule has 0 saturated heterocycles. The Balaban J connectivity index is 2.24. The molecular weight excluding hydrogens is 414 g/mol. The molecule has 0 aliphatic rings. The van der Waals surface area contributed by atoms with Gasteiger partial charge in [-0.3, -0.25) is 9.59 Å². The smallest absolute Gasteiger partial charge is 0.242 e. The van der Waals surface area contributed by atoms with Gasteiger partial charge in [-0.15, -0.1) is 0 Å². The third-order valence-electron chi connectivity index (χ3n) is 4.49. The average molecular weight is 439 g/mol. The van der Waals surface area contributed by atoms with Gasteiger partial charge in [0.05, 0.1) is 16.5 Å². The SMILES string of the molecule is CC(C)CNC(=O)[C@H](C)N(Cc1ccccc1F)C(=O)Cc1ccc(Cl)c(Cl)c1. The fourth-order valence-corrected chi connectivity index (χ4v) is 3.09. The highest BCUT2D eigenvalue weighted by molar-refractivity contribution is 6.42. The van der Waals surface area contributed by atoms with Crippen molar-refractivity contribution < 1.29 is 14.0 Å². The van der Waals surface area contributed by atoms with E-state index in [1.54, 1.807) is 43.3 Å². The van der Waals surface area contributed by atoms with E-state index >= 15 is 0 Å². The Morgan fingerprint density at radius 2 is 1.76 bits per heavy atom. The van der Waals surface area contributed by atoms with Crippen LogP contribution in [-0.4, -0.2) is 29.3 Å². The van der Waals surface area contributed by atoms with Crippen LogP contribution in [0.1, 0.15) is 31.9 Å². The highest BCUT2D eigenvalue weighted by Gasteiger charge is 2.27. The van der Waals surface area contributed by atoms with Gasteiger partial charge in [0.25, 0.3) is 0 Å². The van der Waals surface area contributed by atoms with E-state index in [1.165, 1.54) is 11.0 Å². The van der Waals surface area contributed by atoms with Gasteiger partial charge in [-0.25, -0.2) is 4.39 Å². The Morgan fingerprint density at radius 1 is 1.07 bits per heavy atom. The molecule has 0 fully saturated rings. The van der Waals surface area contributed by atoms with E-state index in [1.807, 2.05) is 13.8 Å². The summed E-state index contributed by atoms with van der Waals surface area (Å²) in [4.78, 5) is 27.0. The van der Waals surface area contributed by atoms with Gasteiger partial charge in [-0.2, -0.15) is 0 Å². The quantitative estimate of drug-likeness (QED) is 0.639. The van der Waals surface area contributed by atoms with Gasteiger partial charge in [0, 0.05) is 18.7 Å². The minimum atomic E-state index is -0.761. The summed E-state index contributed by atoms with van der Waals surface area (Å²) in [5.74, 6) is -0.732. The number of nitrogens with zero attached hydrogens (tertiary/aromatic N) is 1. The second-order valence-electron chi connectivity index (χ2n) is 7.35. The molecule has 0 spiro atoms. The molecule has 2 rings (SSSR count). The standard InChI is InChI=1S/C22H25Cl2FN2O2/c1-14(2)12-26-22(29)15(3)27(13-17-6-4-5-7-20(17)25)21(28)11-16-8-9-18(23)19(24)10-16/h4-10,14-15H,11-13H2,1-3H3,(H,26,29)/t15-/m0/s1.